The number of ether oxygens (including phenoxy) is 2. The Morgan fingerprint density at radius 1 is 0.943 bits per heavy atom. The van der Waals surface area contributed by atoms with Gasteiger partial charge in [0.15, 0.2) is 0 Å². The number of nitrogens with one attached hydrogen (secondary N) is 2. The minimum Gasteiger partial charge on any atom is -0.480 e. The first kappa shape index (κ1) is 25.7. The normalized spacial score (nSPS) is 14.6. The van der Waals surface area contributed by atoms with E-state index in [1.54, 1.807) is 13.8 Å². The van der Waals surface area contributed by atoms with Crippen molar-refractivity contribution in [3.05, 3.63) is 59.7 Å². The van der Waals surface area contributed by atoms with Crippen molar-refractivity contribution in [2.75, 3.05) is 13.7 Å². The van der Waals surface area contributed by atoms with E-state index in [1.165, 1.54) is 7.11 Å². The SMILES string of the molecule is COC(=O)CCC(NC(=O)C(C)C(C)NC(=O)OCC1c2ccccc2-c2ccccc21)C(=O)O. The summed E-state index contributed by atoms with van der Waals surface area (Å²) in [6, 6.07) is 14.1. The first-order chi connectivity index (χ1) is 16.7. The zero-order valence-electron chi connectivity index (χ0n) is 19.9. The van der Waals surface area contributed by atoms with Crippen LogP contribution in [-0.4, -0.2) is 54.8 Å². The number of amides is 2. The van der Waals surface area contributed by atoms with Crippen LogP contribution in [0, 0.1) is 5.92 Å². The Balaban J connectivity index is 1.54. The molecule has 35 heavy (non-hydrogen) atoms. The van der Waals surface area contributed by atoms with Crippen LogP contribution >= 0.6 is 0 Å². The maximum absolute atomic E-state index is 12.6. The molecule has 3 N–H and O–H groups in total. The highest BCUT2D eigenvalue weighted by Gasteiger charge is 2.30. The Morgan fingerprint density at radius 2 is 1.51 bits per heavy atom. The lowest BCUT2D eigenvalue weighted by Crippen LogP contribution is -2.49. The number of carboxylic acid groups (broad SMARTS) is 1. The lowest BCUT2D eigenvalue weighted by Gasteiger charge is -2.23. The van der Waals surface area contributed by atoms with Crippen LogP contribution in [0.4, 0.5) is 4.79 Å². The number of benzene rings is 2. The predicted molar refractivity (Wildman–Crippen MR) is 128 cm³/mol. The molecular formula is C26H30N2O7. The first-order valence-corrected chi connectivity index (χ1v) is 11.4. The van der Waals surface area contributed by atoms with Crippen LogP contribution in [0.25, 0.3) is 11.1 Å². The number of carbonyl (C=O) groups excluding carboxylic acids is 3. The van der Waals surface area contributed by atoms with Crippen LogP contribution < -0.4 is 10.6 Å². The zero-order chi connectivity index (χ0) is 25.5. The van der Waals surface area contributed by atoms with Crippen molar-refractivity contribution < 1.29 is 33.8 Å². The van der Waals surface area contributed by atoms with Crippen molar-refractivity contribution in [2.24, 2.45) is 5.92 Å². The van der Waals surface area contributed by atoms with Gasteiger partial charge in [0.1, 0.15) is 12.6 Å². The van der Waals surface area contributed by atoms with Crippen molar-refractivity contribution in [3.8, 4) is 11.1 Å². The Bertz CT molecular complexity index is 1060. The average Bonchev–Trinajstić information content (AvgIpc) is 3.17. The molecule has 0 heterocycles. The molecule has 3 atom stereocenters. The molecule has 0 saturated heterocycles. The molecule has 9 heteroatoms. The van der Waals surface area contributed by atoms with Crippen molar-refractivity contribution in [2.45, 2.75) is 44.7 Å². The minimum atomic E-state index is -1.26. The molecule has 1 aliphatic carbocycles. The highest BCUT2D eigenvalue weighted by molar-refractivity contribution is 5.86. The molecule has 2 amide bonds. The molecule has 2 aromatic rings. The maximum atomic E-state index is 12.6. The fourth-order valence-electron chi connectivity index (χ4n) is 4.10. The van der Waals surface area contributed by atoms with Gasteiger partial charge in [-0.2, -0.15) is 0 Å². The van der Waals surface area contributed by atoms with Gasteiger partial charge in [-0.3, -0.25) is 9.59 Å². The minimum absolute atomic E-state index is 0.0877. The van der Waals surface area contributed by atoms with Gasteiger partial charge < -0.3 is 25.2 Å². The number of carbonyl (C=O) groups is 4. The molecule has 3 rings (SSSR count). The molecule has 9 nitrogen and oxygen atoms in total. The molecule has 186 valence electrons. The summed E-state index contributed by atoms with van der Waals surface area (Å²) in [5, 5.41) is 14.4. The molecule has 0 aliphatic heterocycles. The number of hydrogen-bond donors (Lipinski definition) is 3. The summed E-state index contributed by atoms with van der Waals surface area (Å²) in [5.41, 5.74) is 4.43. The molecule has 0 fully saturated rings. The third-order valence-corrected chi connectivity index (χ3v) is 6.33. The van der Waals surface area contributed by atoms with E-state index in [2.05, 4.69) is 15.4 Å². The average molecular weight is 483 g/mol. The summed E-state index contributed by atoms with van der Waals surface area (Å²) in [5.74, 6) is -3.21. The Kier molecular flexibility index (Phi) is 8.46. The van der Waals surface area contributed by atoms with Crippen LogP contribution in [0.5, 0.6) is 0 Å². The van der Waals surface area contributed by atoms with Gasteiger partial charge >= 0.3 is 18.0 Å². The van der Waals surface area contributed by atoms with Crippen LogP contribution in [-0.2, 0) is 23.9 Å². The molecule has 1 aliphatic rings. The fraction of sp³-hybridized carbons (Fsp3) is 0.385. The van der Waals surface area contributed by atoms with E-state index in [4.69, 9.17) is 4.74 Å². The van der Waals surface area contributed by atoms with Gasteiger partial charge in [-0.15, -0.1) is 0 Å². The summed E-state index contributed by atoms with van der Waals surface area (Å²) < 4.78 is 10.0. The van der Waals surface area contributed by atoms with Crippen LogP contribution in [0.15, 0.2) is 48.5 Å². The van der Waals surface area contributed by atoms with E-state index in [9.17, 15) is 24.3 Å². The summed E-state index contributed by atoms with van der Waals surface area (Å²) in [4.78, 5) is 47.8. The summed E-state index contributed by atoms with van der Waals surface area (Å²) in [6.07, 6.45) is -0.913. The number of alkyl carbamates (subject to hydrolysis) is 1. The second kappa shape index (κ2) is 11.5. The van der Waals surface area contributed by atoms with Crippen molar-refractivity contribution in [1.29, 1.82) is 0 Å². The second-order valence-electron chi connectivity index (χ2n) is 8.56. The molecule has 0 spiro atoms. The molecule has 0 saturated carbocycles. The lowest BCUT2D eigenvalue weighted by molar-refractivity contribution is -0.144. The van der Waals surface area contributed by atoms with E-state index in [1.807, 2.05) is 48.5 Å². The molecule has 0 bridgehead atoms. The highest BCUT2D eigenvalue weighted by atomic mass is 16.5. The predicted octanol–water partition coefficient (Wildman–Crippen LogP) is 3.07. The molecule has 0 radical (unpaired) electrons. The van der Waals surface area contributed by atoms with E-state index in [0.29, 0.717) is 0 Å². The molecule has 2 aromatic carbocycles. The maximum Gasteiger partial charge on any atom is 0.407 e. The number of hydrogen-bond acceptors (Lipinski definition) is 6. The topological polar surface area (TPSA) is 131 Å². The van der Waals surface area contributed by atoms with Crippen LogP contribution in [0.2, 0.25) is 0 Å². The van der Waals surface area contributed by atoms with Gasteiger partial charge in [0.25, 0.3) is 0 Å². The van der Waals surface area contributed by atoms with Gasteiger partial charge in [-0.1, -0.05) is 55.5 Å². The van der Waals surface area contributed by atoms with Crippen LogP contribution in [0.1, 0.15) is 43.7 Å². The smallest absolute Gasteiger partial charge is 0.407 e. The fourth-order valence-corrected chi connectivity index (χ4v) is 4.10. The molecular weight excluding hydrogens is 452 g/mol. The largest absolute Gasteiger partial charge is 0.480 e. The summed E-state index contributed by atoms with van der Waals surface area (Å²) in [7, 11) is 1.20. The van der Waals surface area contributed by atoms with Gasteiger partial charge in [-0.05, 0) is 35.6 Å². The Morgan fingerprint density at radius 3 is 2.06 bits per heavy atom. The van der Waals surface area contributed by atoms with Crippen molar-refractivity contribution in [1.82, 2.24) is 10.6 Å². The summed E-state index contributed by atoms with van der Waals surface area (Å²) >= 11 is 0. The second-order valence-corrected chi connectivity index (χ2v) is 8.56. The lowest BCUT2D eigenvalue weighted by atomic mass is 9.98. The number of fused-ring (bicyclic) bond motifs is 3. The van der Waals surface area contributed by atoms with E-state index >= 15 is 0 Å². The third kappa shape index (κ3) is 6.17. The zero-order valence-corrected chi connectivity index (χ0v) is 19.9. The summed E-state index contributed by atoms with van der Waals surface area (Å²) in [6.45, 7) is 3.35. The van der Waals surface area contributed by atoms with E-state index in [-0.39, 0.29) is 25.4 Å². The van der Waals surface area contributed by atoms with E-state index < -0.39 is 41.9 Å². The highest BCUT2D eigenvalue weighted by Crippen LogP contribution is 2.44. The molecule has 0 aromatic heterocycles. The standard InChI is InChI=1S/C26H30N2O7/c1-15(24(30)28-22(25(31)32)12-13-23(29)34-3)16(2)27-26(33)35-14-21-19-10-6-4-8-17(19)18-9-5-7-11-20(18)21/h4-11,15-16,21-22H,12-14H2,1-3H3,(H,27,33)(H,28,30)(H,31,32). The quantitative estimate of drug-likeness (QED) is 0.444. The Hall–Kier alpha value is -3.88. The number of rotatable bonds is 10. The van der Waals surface area contributed by atoms with Crippen molar-refractivity contribution in [3.63, 3.8) is 0 Å². The third-order valence-electron chi connectivity index (χ3n) is 6.33. The van der Waals surface area contributed by atoms with Gasteiger partial charge in [0, 0.05) is 18.4 Å². The molecule has 3 unspecified atom stereocenters. The van der Waals surface area contributed by atoms with E-state index in [0.717, 1.165) is 22.3 Å². The number of methoxy groups -OCH3 is 1. The van der Waals surface area contributed by atoms with Crippen LogP contribution in [0.3, 0.4) is 0 Å². The van der Waals surface area contributed by atoms with Gasteiger partial charge in [-0.25, -0.2) is 9.59 Å². The Labute approximate surface area is 203 Å². The number of aliphatic carboxylic acids is 1. The van der Waals surface area contributed by atoms with Gasteiger partial charge in [0.2, 0.25) is 5.91 Å². The number of esters is 1. The first-order valence-electron chi connectivity index (χ1n) is 11.4. The monoisotopic (exact) mass is 482 g/mol. The van der Waals surface area contributed by atoms with Crippen molar-refractivity contribution >= 4 is 23.9 Å². The number of carboxylic acids is 1. The van der Waals surface area contributed by atoms with Gasteiger partial charge in [0.05, 0.1) is 13.0 Å².